The second-order valence-electron chi connectivity index (χ2n) is 6.46. The maximum Gasteiger partial charge on any atom is 0.343 e. The molecule has 6 heteroatoms. The van der Waals surface area contributed by atoms with E-state index in [1.165, 1.54) is 24.3 Å². The predicted molar refractivity (Wildman–Crippen MR) is 114 cm³/mol. The number of carbonyl (C=O) groups is 3. The van der Waals surface area contributed by atoms with Crippen LogP contribution in [-0.2, 0) is 4.79 Å². The fraction of sp³-hybridized carbons (Fsp3) is 0.0417. The topological polar surface area (TPSA) is 69.7 Å². The van der Waals surface area contributed by atoms with Crippen molar-refractivity contribution in [3.63, 3.8) is 0 Å². The van der Waals surface area contributed by atoms with Crippen molar-refractivity contribution < 1.29 is 23.9 Å². The van der Waals surface area contributed by atoms with Crippen LogP contribution in [0.25, 0.3) is 10.1 Å². The molecule has 0 saturated heterocycles. The SMILES string of the molecule is CC(=O)Oc1cccc(C(=O)Oc2c(C(=O)c3ccccc3)sc3ccccc23)c1. The fourth-order valence-corrected chi connectivity index (χ4v) is 4.09. The van der Waals surface area contributed by atoms with Gasteiger partial charge in [-0.25, -0.2) is 4.79 Å². The van der Waals surface area contributed by atoms with E-state index in [0.717, 1.165) is 4.70 Å². The molecule has 1 heterocycles. The lowest BCUT2D eigenvalue weighted by Gasteiger charge is -2.08. The summed E-state index contributed by atoms with van der Waals surface area (Å²) in [5.41, 5.74) is 0.723. The maximum atomic E-state index is 13.1. The first-order valence-corrected chi connectivity index (χ1v) is 9.96. The molecule has 0 atom stereocenters. The van der Waals surface area contributed by atoms with E-state index in [2.05, 4.69) is 0 Å². The van der Waals surface area contributed by atoms with E-state index in [9.17, 15) is 14.4 Å². The number of carbonyl (C=O) groups excluding carboxylic acids is 3. The molecule has 0 bridgehead atoms. The Bertz CT molecular complexity index is 1260. The van der Waals surface area contributed by atoms with Gasteiger partial charge < -0.3 is 9.47 Å². The lowest BCUT2D eigenvalue weighted by atomic mass is 10.1. The molecule has 0 aliphatic carbocycles. The molecule has 30 heavy (non-hydrogen) atoms. The minimum absolute atomic E-state index is 0.210. The number of thiophene rings is 1. The lowest BCUT2D eigenvalue weighted by Crippen LogP contribution is -2.11. The van der Waals surface area contributed by atoms with Gasteiger partial charge >= 0.3 is 11.9 Å². The van der Waals surface area contributed by atoms with Gasteiger partial charge in [-0.05, 0) is 30.3 Å². The zero-order valence-corrected chi connectivity index (χ0v) is 16.8. The van der Waals surface area contributed by atoms with Gasteiger partial charge in [-0.1, -0.05) is 48.5 Å². The number of rotatable bonds is 5. The number of hydrogen-bond acceptors (Lipinski definition) is 6. The van der Waals surface area contributed by atoms with Gasteiger partial charge in [-0.15, -0.1) is 11.3 Å². The van der Waals surface area contributed by atoms with Crippen molar-refractivity contribution >= 4 is 39.1 Å². The van der Waals surface area contributed by atoms with E-state index in [1.807, 2.05) is 30.3 Å². The molecule has 0 N–H and O–H groups in total. The van der Waals surface area contributed by atoms with Crippen molar-refractivity contribution in [1.29, 1.82) is 0 Å². The van der Waals surface area contributed by atoms with Crippen LogP contribution in [0.15, 0.2) is 78.9 Å². The minimum atomic E-state index is -0.644. The molecule has 0 unspecified atom stereocenters. The average molecular weight is 416 g/mol. The van der Waals surface area contributed by atoms with Crippen LogP contribution in [0.1, 0.15) is 32.5 Å². The number of fused-ring (bicyclic) bond motifs is 1. The molecule has 0 amide bonds. The van der Waals surface area contributed by atoms with Gasteiger partial charge in [0.1, 0.15) is 10.6 Å². The van der Waals surface area contributed by atoms with Crippen LogP contribution in [0.5, 0.6) is 11.5 Å². The Kier molecular flexibility index (Phi) is 5.41. The van der Waals surface area contributed by atoms with Gasteiger partial charge in [0.05, 0.1) is 5.56 Å². The Morgan fingerprint density at radius 1 is 0.767 bits per heavy atom. The second-order valence-corrected chi connectivity index (χ2v) is 7.51. The van der Waals surface area contributed by atoms with Crippen molar-refractivity contribution in [3.05, 3.63) is 94.9 Å². The third kappa shape index (κ3) is 3.99. The first kappa shape index (κ1) is 19.5. The van der Waals surface area contributed by atoms with Gasteiger partial charge in [0, 0.05) is 22.6 Å². The Morgan fingerprint density at radius 2 is 1.47 bits per heavy atom. The molecule has 148 valence electrons. The normalized spacial score (nSPS) is 10.6. The van der Waals surface area contributed by atoms with Crippen LogP contribution in [0.4, 0.5) is 0 Å². The molecule has 0 aliphatic rings. The van der Waals surface area contributed by atoms with Crippen molar-refractivity contribution in [2.24, 2.45) is 0 Å². The maximum absolute atomic E-state index is 13.1. The highest BCUT2D eigenvalue weighted by Crippen LogP contribution is 2.39. The quantitative estimate of drug-likeness (QED) is 0.252. The average Bonchev–Trinajstić information content (AvgIpc) is 3.12. The highest BCUT2D eigenvalue weighted by Gasteiger charge is 2.23. The number of ether oxygens (including phenoxy) is 2. The fourth-order valence-electron chi connectivity index (χ4n) is 3.00. The van der Waals surface area contributed by atoms with E-state index in [-0.39, 0.29) is 22.8 Å². The monoisotopic (exact) mass is 416 g/mol. The molecule has 0 saturated carbocycles. The summed E-state index contributed by atoms with van der Waals surface area (Å²) >= 11 is 1.28. The molecule has 3 aromatic carbocycles. The van der Waals surface area contributed by atoms with Gasteiger partial charge in [0.2, 0.25) is 5.78 Å². The molecule has 0 aliphatic heterocycles. The van der Waals surface area contributed by atoms with E-state index in [4.69, 9.17) is 9.47 Å². The minimum Gasteiger partial charge on any atom is -0.427 e. The molecular formula is C24H16O5S. The Hall–Kier alpha value is -3.77. The van der Waals surface area contributed by atoms with Crippen molar-refractivity contribution in [3.8, 4) is 11.5 Å². The van der Waals surface area contributed by atoms with Crippen LogP contribution < -0.4 is 9.47 Å². The summed E-state index contributed by atoms with van der Waals surface area (Å²) in [6.45, 7) is 1.28. The van der Waals surface area contributed by atoms with Crippen LogP contribution in [-0.4, -0.2) is 17.7 Å². The van der Waals surface area contributed by atoms with E-state index >= 15 is 0 Å². The van der Waals surface area contributed by atoms with E-state index in [1.54, 1.807) is 42.5 Å². The van der Waals surface area contributed by atoms with Crippen molar-refractivity contribution in [2.75, 3.05) is 0 Å². The van der Waals surface area contributed by atoms with Gasteiger partial charge in [-0.3, -0.25) is 9.59 Å². The smallest absolute Gasteiger partial charge is 0.343 e. The number of benzene rings is 3. The summed E-state index contributed by atoms with van der Waals surface area (Å²) in [7, 11) is 0. The second kappa shape index (κ2) is 8.31. The van der Waals surface area contributed by atoms with Crippen LogP contribution in [0.2, 0.25) is 0 Å². The Balaban J connectivity index is 1.73. The largest absolute Gasteiger partial charge is 0.427 e. The number of hydrogen-bond donors (Lipinski definition) is 0. The lowest BCUT2D eigenvalue weighted by molar-refractivity contribution is -0.131. The van der Waals surface area contributed by atoms with Crippen LogP contribution in [0, 0.1) is 0 Å². The number of ketones is 1. The number of esters is 2. The summed E-state index contributed by atoms with van der Waals surface area (Å²) in [4.78, 5) is 37.5. The first-order chi connectivity index (χ1) is 14.5. The summed E-state index contributed by atoms with van der Waals surface area (Å²) in [5, 5.41) is 0.686. The molecule has 4 rings (SSSR count). The van der Waals surface area contributed by atoms with Crippen LogP contribution in [0.3, 0.4) is 0 Å². The molecule has 1 aromatic heterocycles. The highest BCUT2D eigenvalue weighted by molar-refractivity contribution is 7.21. The van der Waals surface area contributed by atoms with Crippen LogP contribution >= 0.6 is 11.3 Å². The van der Waals surface area contributed by atoms with E-state index < -0.39 is 11.9 Å². The zero-order valence-electron chi connectivity index (χ0n) is 16.0. The van der Waals surface area contributed by atoms with E-state index in [0.29, 0.717) is 15.8 Å². The molecule has 0 fully saturated rings. The third-order valence-corrected chi connectivity index (χ3v) is 5.47. The summed E-state index contributed by atoms with van der Waals surface area (Å²) < 4.78 is 11.6. The van der Waals surface area contributed by atoms with Crippen molar-refractivity contribution in [1.82, 2.24) is 0 Å². The van der Waals surface area contributed by atoms with Gasteiger partial charge in [0.25, 0.3) is 0 Å². The predicted octanol–water partition coefficient (Wildman–Crippen LogP) is 5.28. The molecule has 5 nitrogen and oxygen atoms in total. The van der Waals surface area contributed by atoms with Gasteiger partial charge in [0.15, 0.2) is 5.75 Å². The summed E-state index contributed by atoms with van der Waals surface area (Å²) in [6.07, 6.45) is 0. The van der Waals surface area contributed by atoms with Crippen molar-refractivity contribution in [2.45, 2.75) is 6.92 Å². The highest BCUT2D eigenvalue weighted by atomic mass is 32.1. The molecule has 0 spiro atoms. The first-order valence-electron chi connectivity index (χ1n) is 9.15. The summed E-state index contributed by atoms with van der Waals surface area (Å²) in [6, 6.07) is 22.4. The molecule has 4 aromatic rings. The third-order valence-electron chi connectivity index (χ3n) is 4.32. The molecular weight excluding hydrogens is 400 g/mol. The molecule has 0 radical (unpaired) electrons. The standard InChI is InChI=1S/C24H16O5S/c1-15(25)28-18-11-7-10-17(14-18)24(27)29-22-19-12-5-6-13-20(19)30-23(22)21(26)16-8-3-2-4-9-16/h2-14H,1H3. The van der Waals surface area contributed by atoms with Gasteiger partial charge in [-0.2, -0.15) is 0 Å². The Labute approximate surface area is 176 Å². The Morgan fingerprint density at radius 3 is 2.23 bits per heavy atom. The zero-order chi connectivity index (χ0) is 21.1. The summed E-state index contributed by atoms with van der Waals surface area (Å²) in [5.74, 6) is -0.872.